The smallest absolute Gasteiger partial charge is 0.171 e. The minimum atomic E-state index is 0.815. The zero-order chi connectivity index (χ0) is 15.8. The van der Waals surface area contributed by atoms with Gasteiger partial charge >= 0.3 is 0 Å². The first kappa shape index (κ1) is 14.1. The van der Waals surface area contributed by atoms with Crippen molar-refractivity contribution >= 4 is 33.7 Å². The van der Waals surface area contributed by atoms with E-state index in [0.717, 1.165) is 43.4 Å². The molecule has 0 unspecified atom stereocenters. The molecule has 4 nitrogen and oxygen atoms in total. The standard InChI is InChI=1S/C18H15N3OS/c1-11-9-17(13-8-7-12(22-2)10-16(13)19-11)23-18-20-14-5-3-4-6-15(14)21-18/h3-10H,1-2H3,(H,20,21). The van der Waals surface area contributed by atoms with Crippen molar-refractivity contribution in [1.29, 1.82) is 0 Å². The number of nitrogens with one attached hydrogen (secondary N) is 1. The summed E-state index contributed by atoms with van der Waals surface area (Å²) < 4.78 is 5.29. The lowest BCUT2D eigenvalue weighted by molar-refractivity contribution is 0.415. The lowest BCUT2D eigenvalue weighted by Gasteiger charge is -2.07. The van der Waals surface area contributed by atoms with E-state index in [0.29, 0.717) is 0 Å². The van der Waals surface area contributed by atoms with Crippen LogP contribution >= 0.6 is 11.8 Å². The molecule has 0 radical (unpaired) electrons. The Labute approximate surface area is 137 Å². The van der Waals surface area contributed by atoms with Crippen LogP contribution < -0.4 is 4.74 Å². The number of nitrogens with zero attached hydrogens (tertiary/aromatic N) is 2. The first-order valence-corrected chi connectivity index (χ1v) is 8.12. The Bertz CT molecular complexity index is 977. The Morgan fingerprint density at radius 2 is 1.87 bits per heavy atom. The predicted molar refractivity (Wildman–Crippen MR) is 93.2 cm³/mol. The Morgan fingerprint density at radius 1 is 1.00 bits per heavy atom. The molecule has 0 spiro atoms. The van der Waals surface area contributed by atoms with Gasteiger partial charge in [-0.15, -0.1) is 0 Å². The lowest BCUT2D eigenvalue weighted by atomic mass is 10.2. The molecule has 0 saturated heterocycles. The molecule has 4 rings (SSSR count). The van der Waals surface area contributed by atoms with Gasteiger partial charge in [0.25, 0.3) is 0 Å². The molecule has 114 valence electrons. The highest BCUT2D eigenvalue weighted by atomic mass is 32.2. The summed E-state index contributed by atoms with van der Waals surface area (Å²) in [6.07, 6.45) is 0. The highest BCUT2D eigenvalue weighted by molar-refractivity contribution is 7.99. The molecule has 0 amide bonds. The fourth-order valence-corrected chi connectivity index (χ4v) is 3.62. The van der Waals surface area contributed by atoms with Gasteiger partial charge in [-0.25, -0.2) is 4.98 Å². The highest BCUT2D eigenvalue weighted by Crippen LogP contribution is 2.34. The zero-order valence-corrected chi connectivity index (χ0v) is 13.6. The van der Waals surface area contributed by atoms with Gasteiger partial charge in [-0.05, 0) is 37.3 Å². The summed E-state index contributed by atoms with van der Waals surface area (Å²) >= 11 is 1.62. The van der Waals surface area contributed by atoms with Gasteiger partial charge in [0.15, 0.2) is 5.16 Å². The monoisotopic (exact) mass is 321 g/mol. The summed E-state index contributed by atoms with van der Waals surface area (Å²) in [5, 5.41) is 1.98. The van der Waals surface area contributed by atoms with E-state index in [2.05, 4.69) is 21.0 Å². The number of imidazole rings is 1. The highest BCUT2D eigenvalue weighted by Gasteiger charge is 2.10. The van der Waals surface area contributed by atoms with Crippen molar-refractivity contribution in [3.63, 3.8) is 0 Å². The number of pyridine rings is 1. The Kier molecular flexibility index (Phi) is 3.42. The van der Waals surface area contributed by atoms with Crippen molar-refractivity contribution < 1.29 is 4.74 Å². The molecule has 0 aliphatic carbocycles. The van der Waals surface area contributed by atoms with Crippen LogP contribution in [-0.4, -0.2) is 22.1 Å². The van der Waals surface area contributed by atoms with Crippen LogP contribution in [0.3, 0.4) is 0 Å². The number of para-hydroxylation sites is 2. The molecule has 2 aromatic heterocycles. The summed E-state index contributed by atoms with van der Waals surface area (Å²) in [6.45, 7) is 2.00. The molecule has 0 bridgehead atoms. The molecule has 23 heavy (non-hydrogen) atoms. The summed E-state index contributed by atoms with van der Waals surface area (Å²) in [6, 6.07) is 16.1. The second kappa shape index (κ2) is 5.59. The van der Waals surface area contributed by atoms with Crippen LogP contribution in [0.5, 0.6) is 5.75 Å². The predicted octanol–water partition coefficient (Wildman–Crippen LogP) is 4.58. The molecule has 2 aromatic carbocycles. The maximum absolute atomic E-state index is 5.29. The van der Waals surface area contributed by atoms with E-state index in [1.165, 1.54) is 0 Å². The van der Waals surface area contributed by atoms with Gasteiger partial charge in [-0.2, -0.15) is 0 Å². The van der Waals surface area contributed by atoms with Gasteiger partial charge < -0.3 is 9.72 Å². The number of aromatic nitrogens is 3. The minimum absolute atomic E-state index is 0.815. The number of aromatic amines is 1. The minimum Gasteiger partial charge on any atom is -0.497 e. The lowest BCUT2D eigenvalue weighted by Crippen LogP contribution is -1.89. The van der Waals surface area contributed by atoms with Crippen LogP contribution in [0, 0.1) is 6.92 Å². The summed E-state index contributed by atoms with van der Waals surface area (Å²) in [5.41, 5.74) is 3.94. The average Bonchev–Trinajstić information content (AvgIpc) is 2.96. The maximum atomic E-state index is 5.29. The first-order chi connectivity index (χ1) is 11.2. The summed E-state index contributed by atoms with van der Waals surface area (Å²) in [5.74, 6) is 0.815. The molecule has 5 heteroatoms. The van der Waals surface area contributed by atoms with E-state index in [1.807, 2.05) is 49.4 Å². The van der Waals surface area contributed by atoms with Gasteiger partial charge in [0.05, 0.1) is 23.7 Å². The Morgan fingerprint density at radius 3 is 2.70 bits per heavy atom. The molecule has 2 heterocycles. The van der Waals surface area contributed by atoms with Gasteiger partial charge in [0, 0.05) is 22.0 Å². The van der Waals surface area contributed by atoms with Crippen molar-refractivity contribution in [3.8, 4) is 5.75 Å². The van der Waals surface area contributed by atoms with Gasteiger partial charge in [-0.1, -0.05) is 23.9 Å². The van der Waals surface area contributed by atoms with Crippen LogP contribution in [0.2, 0.25) is 0 Å². The first-order valence-electron chi connectivity index (χ1n) is 7.31. The van der Waals surface area contributed by atoms with Crippen LogP contribution in [0.1, 0.15) is 5.69 Å². The number of hydrogen-bond acceptors (Lipinski definition) is 4. The molecule has 0 fully saturated rings. The second-order valence-electron chi connectivity index (χ2n) is 5.31. The van der Waals surface area contributed by atoms with Crippen molar-refractivity contribution in [1.82, 2.24) is 15.0 Å². The van der Waals surface area contributed by atoms with Crippen LogP contribution in [0.25, 0.3) is 21.9 Å². The quantitative estimate of drug-likeness (QED) is 0.600. The third-order valence-electron chi connectivity index (χ3n) is 3.68. The van der Waals surface area contributed by atoms with E-state index in [4.69, 9.17) is 4.74 Å². The van der Waals surface area contributed by atoms with Crippen molar-refractivity contribution in [2.24, 2.45) is 0 Å². The zero-order valence-electron chi connectivity index (χ0n) is 12.8. The van der Waals surface area contributed by atoms with E-state index in [1.54, 1.807) is 18.9 Å². The number of rotatable bonds is 3. The normalized spacial score (nSPS) is 11.2. The molecule has 4 aromatic rings. The van der Waals surface area contributed by atoms with Gasteiger partial charge in [-0.3, -0.25) is 4.98 Å². The van der Waals surface area contributed by atoms with E-state index < -0.39 is 0 Å². The summed E-state index contributed by atoms with van der Waals surface area (Å²) in [4.78, 5) is 13.7. The number of fused-ring (bicyclic) bond motifs is 2. The van der Waals surface area contributed by atoms with Crippen molar-refractivity contribution in [2.45, 2.75) is 17.0 Å². The average molecular weight is 321 g/mol. The molecule has 0 aliphatic rings. The van der Waals surface area contributed by atoms with Crippen LogP contribution in [0.4, 0.5) is 0 Å². The number of benzene rings is 2. The van der Waals surface area contributed by atoms with E-state index in [-0.39, 0.29) is 0 Å². The molecule has 0 atom stereocenters. The van der Waals surface area contributed by atoms with Gasteiger partial charge in [0.2, 0.25) is 0 Å². The number of aryl methyl sites for hydroxylation is 1. The Balaban J connectivity index is 1.81. The number of methoxy groups -OCH3 is 1. The maximum Gasteiger partial charge on any atom is 0.171 e. The third kappa shape index (κ3) is 2.64. The van der Waals surface area contributed by atoms with E-state index >= 15 is 0 Å². The third-order valence-corrected chi connectivity index (χ3v) is 4.63. The molecule has 0 saturated carbocycles. The van der Waals surface area contributed by atoms with Crippen molar-refractivity contribution in [2.75, 3.05) is 7.11 Å². The topological polar surface area (TPSA) is 50.8 Å². The number of H-pyrrole nitrogens is 1. The SMILES string of the molecule is COc1ccc2c(Sc3nc4ccccc4[nH]3)cc(C)nc2c1. The van der Waals surface area contributed by atoms with Crippen LogP contribution in [0.15, 0.2) is 58.6 Å². The molecular formula is C18H15N3OS. The summed E-state index contributed by atoms with van der Waals surface area (Å²) in [7, 11) is 1.67. The van der Waals surface area contributed by atoms with E-state index in [9.17, 15) is 0 Å². The Hall–Kier alpha value is -2.53. The fraction of sp³-hybridized carbons (Fsp3) is 0.111. The number of ether oxygens (including phenoxy) is 1. The molecular weight excluding hydrogens is 306 g/mol. The second-order valence-corrected chi connectivity index (χ2v) is 6.34. The van der Waals surface area contributed by atoms with Crippen LogP contribution in [-0.2, 0) is 0 Å². The van der Waals surface area contributed by atoms with Crippen molar-refractivity contribution in [3.05, 3.63) is 54.2 Å². The molecule has 1 N–H and O–H groups in total. The molecule has 0 aliphatic heterocycles. The van der Waals surface area contributed by atoms with Gasteiger partial charge in [0.1, 0.15) is 5.75 Å². The fourth-order valence-electron chi connectivity index (χ4n) is 2.60. The largest absolute Gasteiger partial charge is 0.497 e. The number of hydrogen-bond donors (Lipinski definition) is 1.